The minimum absolute atomic E-state index is 0.268. The monoisotopic (exact) mass is 325 g/mol. The Labute approximate surface area is 138 Å². The van der Waals surface area contributed by atoms with E-state index in [1.54, 1.807) is 17.6 Å². The van der Waals surface area contributed by atoms with Crippen LogP contribution in [0, 0.1) is 0 Å². The Kier molecular flexibility index (Phi) is 4.63. The quantitative estimate of drug-likeness (QED) is 0.774. The second kappa shape index (κ2) is 7.02. The lowest BCUT2D eigenvalue weighted by atomic mass is 10.3. The zero-order valence-electron chi connectivity index (χ0n) is 12.5. The minimum atomic E-state index is -0.268. The third-order valence-corrected chi connectivity index (χ3v) is 3.92. The highest BCUT2D eigenvalue weighted by molar-refractivity contribution is 7.13. The highest BCUT2D eigenvalue weighted by Gasteiger charge is 2.14. The van der Waals surface area contributed by atoms with Gasteiger partial charge in [-0.3, -0.25) is 9.78 Å². The van der Waals surface area contributed by atoms with Crippen molar-refractivity contribution in [3.05, 3.63) is 59.7 Å². The number of para-hydroxylation sites is 2. The zero-order chi connectivity index (χ0) is 16.1. The van der Waals surface area contributed by atoms with Gasteiger partial charge in [-0.05, 0) is 31.2 Å². The van der Waals surface area contributed by atoms with Crippen molar-refractivity contribution in [2.45, 2.75) is 6.92 Å². The summed E-state index contributed by atoms with van der Waals surface area (Å²) in [5, 5.41) is 5.28. The molecule has 0 aliphatic rings. The number of thiazole rings is 1. The van der Waals surface area contributed by atoms with E-state index in [4.69, 9.17) is 4.74 Å². The van der Waals surface area contributed by atoms with Gasteiger partial charge in [0, 0.05) is 11.6 Å². The molecular formula is C17H15N3O2S. The fourth-order valence-corrected chi connectivity index (χ4v) is 2.80. The molecule has 2 heterocycles. The molecule has 6 heteroatoms. The van der Waals surface area contributed by atoms with E-state index < -0.39 is 0 Å². The van der Waals surface area contributed by atoms with Crippen molar-refractivity contribution >= 4 is 22.9 Å². The molecule has 0 aliphatic carbocycles. The first-order chi connectivity index (χ1) is 11.3. The van der Waals surface area contributed by atoms with Crippen LogP contribution < -0.4 is 10.1 Å². The van der Waals surface area contributed by atoms with E-state index >= 15 is 0 Å². The number of carbonyl (C=O) groups is 1. The van der Waals surface area contributed by atoms with Crippen molar-refractivity contribution in [2.75, 3.05) is 11.9 Å². The van der Waals surface area contributed by atoms with E-state index in [0.717, 1.165) is 5.69 Å². The van der Waals surface area contributed by atoms with E-state index in [2.05, 4.69) is 15.3 Å². The van der Waals surface area contributed by atoms with E-state index in [0.29, 0.717) is 28.7 Å². The number of hydrogen-bond donors (Lipinski definition) is 1. The SMILES string of the molecule is CCOc1ccccc1NC(=O)c1csc(-c2ccccn2)n1. The summed E-state index contributed by atoms with van der Waals surface area (Å²) in [5.41, 5.74) is 1.75. The lowest BCUT2D eigenvalue weighted by Crippen LogP contribution is -2.13. The van der Waals surface area contributed by atoms with Crippen LogP contribution in [0.1, 0.15) is 17.4 Å². The van der Waals surface area contributed by atoms with E-state index in [9.17, 15) is 4.79 Å². The number of nitrogens with one attached hydrogen (secondary N) is 1. The summed E-state index contributed by atoms with van der Waals surface area (Å²) >= 11 is 1.39. The van der Waals surface area contributed by atoms with Crippen molar-refractivity contribution in [1.29, 1.82) is 0 Å². The largest absolute Gasteiger partial charge is 0.492 e. The molecule has 0 fully saturated rings. The Hall–Kier alpha value is -2.73. The van der Waals surface area contributed by atoms with Gasteiger partial charge in [-0.2, -0.15) is 0 Å². The molecule has 116 valence electrons. The first-order valence-electron chi connectivity index (χ1n) is 7.18. The van der Waals surface area contributed by atoms with Crippen LogP contribution in [0.3, 0.4) is 0 Å². The van der Waals surface area contributed by atoms with Gasteiger partial charge in [-0.1, -0.05) is 18.2 Å². The second-order valence-corrected chi connectivity index (χ2v) is 5.49. The fraction of sp³-hybridized carbons (Fsp3) is 0.118. The summed E-state index contributed by atoms with van der Waals surface area (Å²) in [5.74, 6) is 0.374. The van der Waals surface area contributed by atoms with E-state index in [1.165, 1.54) is 11.3 Å². The van der Waals surface area contributed by atoms with Crippen molar-refractivity contribution < 1.29 is 9.53 Å². The fourth-order valence-electron chi connectivity index (χ4n) is 2.02. The molecule has 0 spiro atoms. The maximum Gasteiger partial charge on any atom is 0.275 e. The Morgan fingerprint density at radius 3 is 2.83 bits per heavy atom. The minimum Gasteiger partial charge on any atom is -0.492 e. The molecule has 3 rings (SSSR count). The molecule has 0 unspecified atom stereocenters. The Bertz CT molecular complexity index is 802. The summed E-state index contributed by atoms with van der Waals surface area (Å²) in [7, 11) is 0. The first-order valence-corrected chi connectivity index (χ1v) is 8.06. The van der Waals surface area contributed by atoms with Gasteiger partial charge in [0.25, 0.3) is 5.91 Å². The first kappa shape index (κ1) is 15.2. The Morgan fingerprint density at radius 2 is 2.04 bits per heavy atom. The van der Waals surface area contributed by atoms with Gasteiger partial charge in [0.2, 0.25) is 0 Å². The van der Waals surface area contributed by atoms with Crippen LogP contribution in [0.15, 0.2) is 54.0 Å². The predicted octanol–water partition coefficient (Wildman–Crippen LogP) is 3.86. The number of nitrogens with zero attached hydrogens (tertiary/aromatic N) is 2. The molecule has 0 saturated carbocycles. The number of pyridine rings is 1. The number of aromatic nitrogens is 2. The second-order valence-electron chi connectivity index (χ2n) is 4.64. The van der Waals surface area contributed by atoms with E-state index in [1.807, 2.05) is 43.3 Å². The maximum atomic E-state index is 12.4. The average molecular weight is 325 g/mol. The lowest BCUT2D eigenvalue weighted by molar-refractivity contribution is 0.102. The molecule has 5 nitrogen and oxygen atoms in total. The zero-order valence-corrected chi connectivity index (χ0v) is 13.3. The third-order valence-electron chi connectivity index (χ3n) is 3.06. The number of benzene rings is 1. The van der Waals surface area contributed by atoms with Crippen molar-refractivity contribution in [3.63, 3.8) is 0 Å². The molecular weight excluding hydrogens is 310 g/mol. The van der Waals surface area contributed by atoms with Crippen LogP contribution in [0.5, 0.6) is 5.75 Å². The molecule has 23 heavy (non-hydrogen) atoms. The molecule has 1 N–H and O–H groups in total. The molecule has 3 aromatic rings. The van der Waals surface area contributed by atoms with Crippen LogP contribution in [0.25, 0.3) is 10.7 Å². The Morgan fingerprint density at radius 1 is 1.22 bits per heavy atom. The molecule has 0 atom stereocenters. The summed E-state index contributed by atoms with van der Waals surface area (Å²) in [6.45, 7) is 2.44. The van der Waals surface area contributed by atoms with Crippen molar-refractivity contribution in [3.8, 4) is 16.5 Å². The normalized spacial score (nSPS) is 10.3. The summed E-state index contributed by atoms with van der Waals surface area (Å²) in [4.78, 5) is 21.0. The Balaban J connectivity index is 1.78. The molecule has 2 aromatic heterocycles. The van der Waals surface area contributed by atoms with Gasteiger partial charge >= 0.3 is 0 Å². The number of hydrogen-bond acceptors (Lipinski definition) is 5. The van der Waals surface area contributed by atoms with Gasteiger partial charge in [-0.15, -0.1) is 11.3 Å². The van der Waals surface area contributed by atoms with Crippen molar-refractivity contribution in [1.82, 2.24) is 9.97 Å². The summed E-state index contributed by atoms with van der Waals surface area (Å²) in [6, 6.07) is 12.9. The van der Waals surface area contributed by atoms with Gasteiger partial charge < -0.3 is 10.1 Å². The van der Waals surface area contributed by atoms with Crippen LogP contribution in [0.4, 0.5) is 5.69 Å². The number of ether oxygens (including phenoxy) is 1. The van der Waals surface area contributed by atoms with E-state index in [-0.39, 0.29) is 5.91 Å². The van der Waals surface area contributed by atoms with Crippen LogP contribution in [-0.4, -0.2) is 22.5 Å². The van der Waals surface area contributed by atoms with Gasteiger partial charge in [0.15, 0.2) is 0 Å². The molecule has 0 radical (unpaired) electrons. The van der Waals surface area contributed by atoms with Gasteiger partial charge in [0.05, 0.1) is 18.0 Å². The predicted molar refractivity (Wildman–Crippen MR) is 90.9 cm³/mol. The number of amides is 1. The van der Waals surface area contributed by atoms with Gasteiger partial charge in [0.1, 0.15) is 16.5 Å². The molecule has 0 aliphatic heterocycles. The summed E-state index contributed by atoms with van der Waals surface area (Å²) < 4.78 is 5.51. The highest BCUT2D eigenvalue weighted by Crippen LogP contribution is 2.26. The molecule has 0 bridgehead atoms. The van der Waals surface area contributed by atoms with Crippen LogP contribution in [-0.2, 0) is 0 Å². The number of carbonyl (C=O) groups excluding carboxylic acids is 1. The third kappa shape index (κ3) is 3.54. The summed E-state index contributed by atoms with van der Waals surface area (Å²) in [6.07, 6.45) is 1.70. The highest BCUT2D eigenvalue weighted by atomic mass is 32.1. The average Bonchev–Trinajstić information content (AvgIpc) is 3.08. The standard InChI is InChI=1S/C17H15N3O2S/c1-2-22-15-9-4-3-7-12(15)19-16(21)14-11-23-17(20-14)13-8-5-6-10-18-13/h3-11H,2H2,1H3,(H,19,21). The van der Waals surface area contributed by atoms with Gasteiger partial charge in [-0.25, -0.2) is 4.98 Å². The van der Waals surface area contributed by atoms with Crippen LogP contribution in [0.2, 0.25) is 0 Å². The topological polar surface area (TPSA) is 64.1 Å². The lowest BCUT2D eigenvalue weighted by Gasteiger charge is -2.10. The molecule has 1 amide bonds. The van der Waals surface area contributed by atoms with Crippen molar-refractivity contribution in [2.24, 2.45) is 0 Å². The number of anilines is 1. The molecule has 0 saturated heterocycles. The smallest absolute Gasteiger partial charge is 0.275 e. The molecule has 1 aromatic carbocycles. The number of rotatable bonds is 5. The maximum absolute atomic E-state index is 12.4. The van der Waals surface area contributed by atoms with Crippen LogP contribution >= 0.6 is 11.3 Å².